The van der Waals surface area contributed by atoms with Crippen molar-refractivity contribution in [2.75, 3.05) is 29.9 Å². The zero-order chi connectivity index (χ0) is 13.7. The lowest BCUT2D eigenvalue weighted by Gasteiger charge is -2.23. The third kappa shape index (κ3) is 4.10. The van der Waals surface area contributed by atoms with Crippen LogP contribution in [0.2, 0.25) is 0 Å². The van der Waals surface area contributed by atoms with E-state index in [2.05, 4.69) is 28.2 Å². The molecule has 0 aromatic carbocycles. The molecule has 1 aliphatic heterocycles. The minimum absolute atomic E-state index is 0.521. The molecule has 1 atom stereocenters. The van der Waals surface area contributed by atoms with Crippen LogP contribution in [0, 0.1) is 0 Å². The standard InChI is InChI=1S/C15H25N3O/c1-3-10-16-13-6-4-7-14(17-13)18-11-5-8-15(2,19)9-12-18/h4,6-7,19H,3,5,8-12H2,1-2H3,(H,16,17). The normalized spacial score (nSPS) is 24.1. The van der Waals surface area contributed by atoms with Crippen LogP contribution in [0.5, 0.6) is 0 Å². The molecule has 1 aliphatic rings. The van der Waals surface area contributed by atoms with Crippen LogP contribution < -0.4 is 10.2 Å². The lowest BCUT2D eigenvalue weighted by Crippen LogP contribution is -2.28. The molecule has 0 radical (unpaired) electrons. The summed E-state index contributed by atoms with van der Waals surface area (Å²) in [7, 11) is 0. The third-order valence-corrected chi connectivity index (χ3v) is 3.68. The molecule has 2 heterocycles. The van der Waals surface area contributed by atoms with Crippen molar-refractivity contribution in [2.45, 2.75) is 45.1 Å². The summed E-state index contributed by atoms with van der Waals surface area (Å²) in [6.45, 7) is 6.87. The number of hydrogen-bond acceptors (Lipinski definition) is 4. The number of pyridine rings is 1. The molecular formula is C15H25N3O. The molecule has 1 saturated heterocycles. The minimum atomic E-state index is -0.521. The summed E-state index contributed by atoms with van der Waals surface area (Å²) in [5.41, 5.74) is -0.521. The predicted molar refractivity (Wildman–Crippen MR) is 79.7 cm³/mol. The van der Waals surface area contributed by atoms with E-state index in [4.69, 9.17) is 0 Å². The Kier molecular flexibility index (Phi) is 4.64. The van der Waals surface area contributed by atoms with E-state index in [-0.39, 0.29) is 0 Å². The molecule has 1 fully saturated rings. The molecule has 2 N–H and O–H groups in total. The summed E-state index contributed by atoms with van der Waals surface area (Å²) < 4.78 is 0. The highest BCUT2D eigenvalue weighted by molar-refractivity contribution is 5.47. The van der Waals surface area contributed by atoms with Gasteiger partial charge in [-0.1, -0.05) is 13.0 Å². The molecule has 1 aromatic rings. The van der Waals surface area contributed by atoms with E-state index in [1.165, 1.54) is 0 Å². The summed E-state index contributed by atoms with van der Waals surface area (Å²) in [6.07, 6.45) is 3.79. The number of nitrogens with zero attached hydrogens (tertiary/aromatic N) is 2. The topological polar surface area (TPSA) is 48.4 Å². The molecule has 0 spiro atoms. The van der Waals surface area contributed by atoms with Crippen molar-refractivity contribution in [3.63, 3.8) is 0 Å². The van der Waals surface area contributed by atoms with Crippen LogP contribution in [0.15, 0.2) is 18.2 Å². The molecule has 0 bridgehead atoms. The Bertz CT molecular complexity index is 406. The van der Waals surface area contributed by atoms with Gasteiger partial charge in [-0.05, 0) is 44.7 Å². The molecule has 4 nitrogen and oxygen atoms in total. The Morgan fingerprint density at radius 1 is 1.37 bits per heavy atom. The number of aromatic nitrogens is 1. The number of nitrogens with one attached hydrogen (secondary N) is 1. The van der Waals surface area contributed by atoms with Crippen LogP contribution in [0.25, 0.3) is 0 Å². The fourth-order valence-corrected chi connectivity index (χ4v) is 2.44. The van der Waals surface area contributed by atoms with Gasteiger partial charge in [-0.25, -0.2) is 4.98 Å². The van der Waals surface area contributed by atoms with Crippen molar-refractivity contribution in [3.8, 4) is 0 Å². The fraction of sp³-hybridized carbons (Fsp3) is 0.667. The maximum absolute atomic E-state index is 10.1. The van der Waals surface area contributed by atoms with Crippen LogP contribution in [-0.4, -0.2) is 35.3 Å². The number of hydrogen-bond donors (Lipinski definition) is 2. The van der Waals surface area contributed by atoms with Crippen LogP contribution in [0.3, 0.4) is 0 Å². The second-order valence-corrected chi connectivity index (χ2v) is 5.65. The Balaban J connectivity index is 2.04. The molecule has 0 aliphatic carbocycles. The highest BCUT2D eigenvalue weighted by Crippen LogP contribution is 2.24. The Morgan fingerprint density at radius 3 is 3.00 bits per heavy atom. The first-order valence-electron chi connectivity index (χ1n) is 7.29. The average molecular weight is 263 g/mol. The molecular weight excluding hydrogens is 238 g/mol. The molecule has 0 saturated carbocycles. The highest BCUT2D eigenvalue weighted by Gasteiger charge is 2.25. The first-order valence-corrected chi connectivity index (χ1v) is 7.29. The predicted octanol–water partition coefficient (Wildman–Crippen LogP) is 2.64. The smallest absolute Gasteiger partial charge is 0.130 e. The van der Waals surface area contributed by atoms with E-state index in [1.807, 2.05) is 19.1 Å². The summed E-state index contributed by atoms with van der Waals surface area (Å²) in [5.74, 6) is 1.95. The van der Waals surface area contributed by atoms with Gasteiger partial charge < -0.3 is 15.3 Å². The zero-order valence-corrected chi connectivity index (χ0v) is 12.0. The Morgan fingerprint density at radius 2 is 2.21 bits per heavy atom. The molecule has 1 aromatic heterocycles. The largest absolute Gasteiger partial charge is 0.390 e. The van der Waals surface area contributed by atoms with E-state index < -0.39 is 5.60 Å². The van der Waals surface area contributed by atoms with Crippen molar-refractivity contribution in [3.05, 3.63) is 18.2 Å². The van der Waals surface area contributed by atoms with E-state index >= 15 is 0 Å². The molecule has 0 amide bonds. The van der Waals surface area contributed by atoms with Crippen LogP contribution in [0.1, 0.15) is 39.5 Å². The van der Waals surface area contributed by atoms with E-state index in [0.717, 1.165) is 57.0 Å². The van der Waals surface area contributed by atoms with E-state index in [1.54, 1.807) is 0 Å². The van der Waals surface area contributed by atoms with Gasteiger partial charge in [0.2, 0.25) is 0 Å². The summed E-state index contributed by atoms with van der Waals surface area (Å²) in [6, 6.07) is 6.10. The van der Waals surface area contributed by atoms with Crippen LogP contribution in [0.4, 0.5) is 11.6 Å². The molecule has 106 valence electrons. The lowest BCUT2D eigenvalue weighted by atomic mass is 9.98. The average Bonchev–Trinajstić information content (AvgIpc) is 2.58. The SMILES string of the molecule is CCCNc1cccc(N2CCCC(C)(O)CC2)n1. The highest BCUT2D eigenvalue weighted by atomic mass is 16.3. The summed E-state index contributed by atoms with van der Waals surface area (Å²) in [5, 5.41) is 13.4. The monoisotopic (exact) mass is 263 g/mol. The van der Waals surface area contributed by atoms with Gasteiger partial charge in [0.05, 0.1) is 5.60 Å². The Hall–Kier alpha value is -1.29. The molecule has 19 heavy (non-hydrogen) atoms. The number of rotatable bonds is 4. The van der Waals surface area contributed by atoms with Gasteiger partial charge in [-0.3, -0.25) is 0 Å². The van der Waals surface area contributed by atoms with Crippen molar-refractivity contribution < 1.29 is 5.11 Å². The Labute approximate surface area is 115 Å². The van der Waals surface area contributed by atoms with E-state index in [9.17, 15) is 5.11 Å². The third-order valence-electron chi connectivity index (χ3n) is 3.68. The minimum Gasteiger partial charge on any atom is -0.390 e. The van der Waals surface area contributed by atoms with Crippen molar-refractivity contribution >= 4 is 11.6 Å². The number of aliphatic hydroxyl groups is 1. The first kappa shape index (κ1) is 14.1. The van der Waals surface area contributed by atoms with Gasteiger partial charge in [-0.15, -0.1) is 0 Å². The fourth-order valence-electron chi connectivity index (χ4n) is 2.44. The van der Waals surface area contributed by atoms with Crippen molar-refractivity contribution in [1.82, 2.24) is 4.98 Å². The van der Waals surface area contributed by atoms with Gasteiger partial charge in [-0.2, -0.15) is 0 Å². The second kappa shape index (κ2) is 6.24. The van der Waals surface area contributed by atoms with E-state index in [0.29, 0.717) is 0 Å². The van der Waals surface area contributed by atoms with Gasteiger partial charge in [0, 0.05) is 19.6 Å². The first-order chi connectivity index (χ1) is 9.11. The van der Waals surface area contributed by atoms with Gasteiger partial charge in [0.15, 0.2) is 0 Å². The lowest BCUT2D eigenvalue weighted by molar-refractivity contribution is 0.0481. The maximum Gasteiger partial charge on any atom is 0.130 e. The molecule has 1 unspecified atom stereocenters. The van der Waals surface area contributed by atoms with Crippen LogP contribution in [-0.2, 0) is 0 Å². The molecule has 4 heteroatoms. The van der Waals surface area contributed by atoms with Gasteiger partial charge in [0.25, 0.3) is 0 Å². The molecule has 2 rings (SSSR count). The second-order valence-electron chi connectivity index (χ2n) is 5.65. The van der Waals surface area contributed by atoms with Crippen molar-refractivity contribution in [1.29, 1.82) is 0 Å². The summed E-state index contributed by atoms with van der Waals surface area (Å²) in [4.78, 5) is 6.93. The van der Waals surface area contributed by atoms with Gasteiger partial charge in [0.1, 0.15) is 11.6 Å². The van der Waals surface area contributed by atoms with Crippen LogP contribution >= 0.6 is 0 Å². The number of anilines is 2. The van der Waals surface area contributed by atoms with Crippen molar-refractivity contribution in [2.24, 2.45) is 0 Å². The maximum atomic E-state index is 10.1. The quantitative estimate of drug-likeness (QED) is 0.877. The zero-order valence-electron chi connectivity index (χ0n) is 12.0. The summed E-state index contributed by atoms with van der Waals surface area (Å²) >= 11 is 0. The van der Waals surface area contributed by atoms with Gasteiger partial charge >= 0.3 is 0 Å².